The number of benzene rings is 2. The van der Waals surface area contributed by atoms with Crippen LogP contribution in [0.15, 0.2) is 53.4 Å². The van der Waals surface area contributed by atoms with Gasteiger partial charge in [0.1, 0.15) is 0 Å². The van der Waals surface area contributed by atoms with Crippen molar-refractivity contribution in [2.75, 3.05) is 6.54 Å². The number of aryl methyl sites for hydroxylation is 1. The van der Waals surface area contributed by atoms with Gasteiger partial charge in [0.2, 0.25) is 10.0 Å². The van der Waals surface area contributed by atoms with Gasteiger partial charge in [-0.15, -0.1) is 0 Å². The van der Waals surface area contributed by atoms with Gasteiger partial charge in [-0.2, -0.15) is 4.31 Å². The molecular formula is C22H27NO2S. The molecule has 0 radical (unpaired) electrons. The normalized spacial score (nSPS) is 25.3. The van der Waals surface area contributed by atoms with Crippen molar-refractivity contribution >= 4 is 10.0 Å². The topological polar surface area (TPSA) is 37.4 Å². The molecule has 0 N–H and O–H groups in total. The van der Waals surface area contributed by atoms with Crippen LogP contribution >= 0.6 is 0 Å². The Morgan fingerprint density at radius 2 is 1.73 bits per heavy atom. The molecule has 0 saturated carbocycles. The quantitative estimate of drug-likeness (QED) is 0.791. The monoisotopic (exact) mass is 369 g/mol. The lowest BCUT2D eigenvalue weighted by Gasteiger charge is -2.51. The van der Waals surface area contributed by atoms with Crippen molar-refractivity contribution in [2.24, 2.45) is 5.92 Å². The Hall–Kier alpha value is -1.65. The van der Waals surface area contributed by atoms with E-state index < -0.39 is 10.0 Å². The fourth-order valence-corrected chi connectivity index (χ4v) is 6.71. The Bertz CT molecular complexity index is 915. The van der Waals surface area contributed by atoms with E-state index in [1.165, 1.54) is 11.1 Å². The average molecular weight is 370 g/mol. The fraction of sp³-hybridized carbons (Fsp3) is 0.455. The van der Waals surface area contributed by atoms with E-state index in [2.05, 4.69) is 38.1 Å². The summed E-state index contributed by atoms with van der Waals surface area (Å²) in [6.45, 7) is 7.17. The second-order valence-electron chi connectivity index (χ2n) is 8.33. The summed E-state index contributed by atoms with van der Waals surface area (Å²) in [5, 5.41) is 0. The van der Waals surface area contributed by atoms with Gasteiger partial charge in [0, 0.05) is 12.6 Å². The average Bonchev–Trinajstić information content (AvgIpc) is 2.62. The standard InChI is InChI=1S/C22H27NO2S/c1-16-10-12-18(13-11-16)26(24,25)23-14-6-9-20-21(23)15-17-7-4-5-8-19(17)22(20,2)3/h4-5,7-8,10-13,20-21H,6,9,14-15H2,1-3H3. The van der Waals surface area contributed by atoms with Crippen LogP contribution < -0.4 is 0 Å². The molecule has 3 nitrogen and oxygen atoms in total. The molecule has 2 aromatic carbocycles. The van der Waals surface area contributed by atoms with E-state index in [1.54, 1.807) is 16.4 Å². The lowest BCUT2D eigenvalue weighted by atomic mass is 9.61. The van der Waals surface area contributed by atoms with Crippen molar-refractivity contribution in [3.8, 4) is 0 Å². The first-order valence-corrected chi connectivity index (χ1v) is 10.9. The van der Waals surface area contributed by atoms with E-state index in [1.807, 2.05) is 19.1 Å². The Balaban J connectivity index is 1.77. The highest BCUT2D eigenvalue weighted by molar-refractivity contribution is 7.89. The Morgan fingerprint density at radius 1 is 1.04 bits per heavy atom. The molecule has 0 bridgehead atoms. The highest BCUT2D eigenvalue weighted by atomic mass is 32.2. The first-order chi connectivity index (χ1) is 12.3. The van der Waals surface area contributed by atoms with Crippen LogP contribution in [0.25, 0.3) is 0 Å². The van der Waals surface area contributed by atoms with Gasteiger partial charge in [-0.1, -0.05) is 55.8 Å². The van der Waals surface area contributed by atoms with E-state index in [-0.39, 0.29) is 11.5 Å². The number of fused-ring (bicyclic) bond motifs is 2. The van der Waals surface area contributed by atoms with Gasteiger partial charge in [-0.25, -0.2) is 8.42 Å². The maximum atomic E-state index is 13.4. The molecule has 1 aliphatic carbocycles. The summed E-state index contributed by atoms with van der Waals surface area (Å²) in [6.07, 6.45) is 2.83. The van der Waals surface area contributed by atoms with E-state index in [0.717, 1.165) is 24.8 Å². The zero-order valence-electron chi connectivity index (χ0n) is 15.8. The van der Waals surface area contributed by atoms with Gasteiger partial charge in [0.25, 0.3) is 0 Å². The number of hydrogen-bond acceptors (Lipinski definition) is 2. The maximum absolute atomic E-state index is 13.4. The predicted molar refractivity (Wildman–Crippen MR) is 105 cm³/mol. The second kappa shape index (κ2) is 6.21. The Labute approximate surface area is 157 Å². The molecule has 4 rings (SSSR count). The van der Waals surface area contributed by atoms with E-state index in [9.17, 15) is 8.42 Å². The minimum atomic E-state index is -3.47. The molecule has 26 heavy (non-hydrogen) atoms. The molecular weight excluding hydrogens is 342 g/mol. The molecule has 2 aromatic rings. The van der Waals surface area contributed by atoms with E-state index >= 15 is 0 Å². The molecule has 0 spiro atoms. The summed E-state index contributed by atoms with van der Waals surface area (Å²) >= 11 is 0. The summed E-state index contributed by atoms with van der Waals surface area (Å²) in [6, 6.07) is 15.9. The molecule has 1 heterocycles. The molecule has 0 aromatic heterocycles. The summed E-state index contributed by atoms with van der Waals surface area (Å²) in [5.74, 6) is 0.353. The van der Waals surface area contributed by atoms with Crippen LogP contribution in [-0.4, -0.2) is 25.3 Å². The van der Waals surface area contributed by atoms with Gasteiger partial charge >= 0.3 is 0 Å². The largest absolute Gasteiger partial charge is 0.243 e. The van der Waals surface area contributed by atoms with Crippen LogP contribution in [0.3, 0.4) is 0 Å². The Morgan fingerprint density at radius 3 is 2.46 bits per heavy atom. The van der Waals surface area contributed by atoms with Crippen molar-refractivity contribution < 1.29 is 8.42 Å². The van der Waals surface area contributed by atoms with Crippen molar-refractivity contribution in [2.45, 2.75) is 56.4 Å². The highest BCUT2D eigenvalue weighted by Crippen LogP contribution is 2.47. The molecule has 1 aliphatic heterocycles. The van der Waals surface area contributed by atoms with Crippen LogP contribution in [0, 0.1) is 12.8 Å². The number of sulfonamides is 1. The Kier molecular flexibility index (Phi) is 4.24. The van der Waals surface area contributed by atoms with Crippen molar-refractivity contribution in [3.05, 3.63) is 65.2 Å². The zero-order valence-corrected chi connectivity index (χ0v) is 16.6. The second-order valence-corrected chi connectivity index (χ2v) is 10.2. The summed E-state index contributed by atoms with van der Waals surface area (Å²) in [7, 11) is -3.47. The SMILES string of the molecule is Cc1ccc(S(=O)(=O)N2CCCC3C2Cc2ccccc2C3(C)C)cc1. The first-order valence-electron chi connectivity index (χ1n) is 9.49. The summed E-state index contributed by atoms with van der Waals surface area (Å²) < 4.78 is 28.6. The maximum Gasteiger partial charge on any atom is 0.243 e. The zero-order chi connectivity index (χ0) is 18.5. The smallest absolute Gasteiger partial charge is 0.207 e. The van der Waals surface area contributed by atoms with Crippen molar-refractivity contribution in [3.63, 3.8) is 0 Å². The van der Waals surface area contributed by atoms with Crippen LogP contribution in [0.4, 0.5) is 0 Å². The van der Waals surface area contributed by atoms with Gasteiger partial charge in [-0.3, -0.25) is 0 Å². The van der Waals surface area contributed by atoms with E-state index in [0.29, 0.717) is 17.4 Å². The minimum Gasteiger partial charge on any atom is -0.207 e. The minimum absolute atomic E-state index is 0.0129. The number of rotatable bonds is 2. The van der Waals surface area contributed by atoms with Crippen molar-refractivity contribution in [1.29, 1.82) is 0 Å². The van der Waals surface area contributed by atoms with Gasteiger partial charge in [0.05, 0.1) is 4.90 Å². The molecule has 138 valence electrons. The third-order valence-corrected chi connectivity index (χ3v) is 8.36. The lowest BCUT2D eigenvalue weighted by Crippen LogP contribution is -2.56. The number of hydrogen-bond donors (Lipinski definition) is 0. The number of nitrogens with zero attached hydrogens (tertiary/aromatic N) is 1. The molecule has 0 amide bonds. The summed E-state index contributed by atoms with van der Waals surface area (Å²) in [5.41, 5.74) is 3.75. The van der Waals surface area contributed by atoms with Crippen LogP contribution in [0.5, 0.6) is 0 Å². The van der Waals surface area contributed by atoms with Gasteiger partial charge in [-0.05, 0) is 60.8 Å². The molecule has 2 aliphatic rings. The van der Waals surface area contributed by atoms with Crippen LogP contribution in [0.1, 0.15) is 43.4 Å². The fourth-order valence-electron chi connectivity index (χ4n) is 5.01. The van der Waals surface area contributed by atoms with Gasteiger partial charge < -0.3 is 0 Å². The molecule has 4 heteroatoms. The van der Waals surface area contributed by atoms with Crippen molar-refractivity contribution in [1.82, 2.24) is 4.31 Å². The molecule has 2 unspecified atom stereocenters. The molecule has 2 atom stereocenters. The predicted octanol–water partition coefficient (Wildman–Crippen LogP) is 4.30. The summed E-state index contributed by atoms with van der Waals surface area (Å²) in [4.78, 5) is 0.417. The van der Waals surface area contributed by atoms with E-state index in [4.69, 9.17) is 0 Å². The highest BCUT2D eigenvalue weighted by Gasteiger charge is 2.48. The van der Waals surface area contributed by atoms with Gasteiger partial charge in [0.15, 0.2) is 0 Å². The van der Waals surface area contributed by atoms with Crippen LogP contribution in [-0.2, 0) is 21.9 Å². The first kappa shape index (κ1) is 17.7. The molecule has 1 saturated heterocycles. The van der Waals surface area contributed by atoms with Crippen LogP contribution in [0.2, 0.25) is 0 Å². The third-order valence-electron chi connectivity index (χ3n) is 6.42. The lowest BCUT2D eigenvalue weighted by molar-refractivity contribution is 0.102. The third kappa shape index (κ3) is 2.71. The molecule has 1 fully saturated rings. The number of piperidine rings is 1.